The lowest BCUT2D eigenvalue weighted by molar-refractivity contribution is -0.122. The van der Waals surface area contributed by atoms with E-state index in [4.69, 9.17) is 11.6 Å². The average Bonchev–Trinajstić information content (AvgIpc) is 3.03. The van der Waals surface area contributed by atoms with Crippen LogP contribution in [0.1, 0.15) is 18.7 Å². The number of fused-ring (bicyclic) bond motifs is 1. The number of thiophene rings is 1. The summed E-state index contributed by atoms with van der Waals surface area (Å²) < 4.78 is 0. The zero-order chi connectivity index (χ0) is 14.1. The molecule has 7 heteroatoms. The molecule has 0 aliphatic heterocycles. The fourth-order valence-corrected chi connectivity index (χ4v) is 3.06. The number of amides is 1. The van der Waals surface area contributed by atoms with Gasteiger partial charge in [-0.1, -0.05) is 11.6 Å². The maximum Gasteiger partial charge on any atom is 0.234 e. The first kappa shape index (κ1) is 13.7. The van der Waals surface area contributed by atoms with Crippen molar-refractivity contribution in [3.8, 4) is 0 Å². The molecule has 0 spiro atoms. The summed E-state index contributed by atoms with van der Waals surface area (Å²) in [6.45, 7) is 0.853. The van der Waals surface area contributed by atoms with Gasteiger partial charge in [0.2, 0.25) is 5.91 Å². The molecule has 0 unspecified atom stereocenters. The number of nitrogens with zero attached hydrogens (tertiary/aromatic N) is 3. The minimum atomic E-state index is 0.0540. The molecule has 1 aliphatic carbocycles. The molecule has 106 valence electrons. The van der Waals surface area contributed by atoms with Gasteiger partial charge < -0.3 is 5.32 Å². The van der Waals surface area contributed by atoms with Gasteiger partial charge in [-0.15, -0.1) is 11.3 Å². The van der Waals surface area contributed by atoms with Gasteiger partial charge in [-0.2, -0.15) is 0 Å². The molecule has 0 saturated heterocycles. The van der Waals surface area contributed by atoms with Crippen LogP contribution in [0.2, 0.25) is 5.15 Å². The fraction of sp³-hybridized carbons (Fsp3) is 0.462. The Morgan fingerprint density at radius 1 is 1.55 bits per heavy atom. The van der Waals surface area contributed by atoms with E-state index in [9.17, 15) is 4.79 Å². The number of carbonyl (C=O) groups excluding carboxylic acids is 1. The minimum absolute atomic E-state index is 0.0540. The molecule has 0 radical (unpaired) electrons. The molecule has 1 N–H and O–H groups in total. The van der Waals surface area contributed by atoms with E-state index in [0.717, 1.165) is 23.1 Å². The highest BCUT2D eigenvalue weighted by Gasteiger charge is 2.23. The van der Waals surface area contributed by atoms with Gasteiger partial charge >= 0.3 is 0 Å². The third-order valence-electron chi connectivity index (χ3n) is 3.09. The molecule has 20 heavy (non-hydrogen) atoms. The van der Waals surface area contributed by atoms with Crippen LogP contribution in [0.3, 0.4) is 0 Å². The SMILES string of the molecule is CN(CC(=O)NC1CC1)Cc1nc(Cl)c2ccsc2n1. The lowest BCUT2D eigenvalue weighted by Crippen LogP contribution is -2.36. The summed E-state index contributed by atoms with van der Waals surface area (Å²) in [6.07, 6.45) is 2.20. The van der Waals surface area contributed by atoms with Crippen LogP contribution >= 0.6 is 22.9 Å². The van der Waals surface area contributed by atoms with Gasteiger partial charge in [-0.3, -0.25) is 9.69 Å². The van der Waals surface area contributed by atoms with Crippen molar-refractivity contribution in [2.24, 2.45) is 0 Å². The standard InChI is InChI=1S/C13H15ClN4OS/c1-18(7-11(19)15-8-2-3-8)6-10-16-12(14)9-4-5-20-13(9)17-10/h4-5,8H,2-3,6-7H2,1H3,(H,15,19). The lowest BCUT2D eigenvalue weighted by atomic mass is 10.4. The largest absolute Gasteiger partial charge is 0.352 e. The Hall–Kier alpha value is -1.24. The highest BCUT2D eigenvalue weighted by atomic mass is 35.5. The Balaban J connectivity index is 1.63. The quantitative estimate of drug-likeness (QED) is 0.859. The smallest absolute Gasteiger partial charge is 0.234 e. The molecule has 1 fully saturated rings. The van der Waals surface area contributed by atoms with E-state index in [1.165, 1.54) is 11.3 Å². The summed E-state index contributed by atoms with van der Waals surface area (Å²) in [5, 5.41) is 6.27. The highest BCUT2D eigenvalue weighted by molar-refractivity contribution is 7.16. The van der Waals surface area contributed by atoms with Gasteiger partial charge in [0.05, 0.1) is 13.1 Å². The van der Waals surface area contributed by atoms with Gasteiger partial charge in [0.15, 0.2) is 0 Å². The number of halogens is 1. The normalized spacial score (nSPS) is 14.9. The van der Waals surface area contributed by atoms with E-state index in [1.807, 2.05) is 23.4 Å². The van der Waals surface area contributed by atoms with Crippen molar-refractivity contribution in [3.63, 3.8) is 0 Å². The maximum atomic E-state index is 11.7. The average molecular weight is 311 g/mol. The number of hydrogen-bond acceptors (Lipinski definition) is 5. The van der Waals surface area contributed by atoms with Crippen molar-refractivity contribution >= 4 is 39.1 Å². The van der Waals surface area contributed by atoms with Crippen molar-refractivity contribution < 1.29 is 4.79 Å². The van der Waals surface area contributed by atoms with Gasteiger partial charge in [-0.05, 0) is 31.3 Å². The third kappa shape index (κ3) is 3.26. The Morgan fingerprint density at radius 3 is 3.10 bits per heavy atom. The van der Waals surface area contributed by atoms with Crippen LogP contribution in [0, 0.1) is 0 Å². The number of carbonyl (C=O) groups is 1. The summed E-state index contributed by atoms with van der Waals surface area (Å²) in [7, 11) is 1.88. The molecule has 3 rings (SSSR count). The summed E-state index contributed by atoms with van der Waals surface area (Å²) in [5.41, 5.74) is 0. The van der Waals surface area contributed by atoms with E-state index in [-0.39, 0.29) is 5.91 Å². The predicted molar refractivity (Wildman–Crippen MR) is 79.9 cm³/mol. The Morgan fingerprint density at radius 2 is 2.35 bits per heavy atom. The molecule has 0 bridgehead atoms. The molecule has 1 saturated carbocycles. The summed E-state index contributed by atoms with van der Waals surface area (Å²) in [5.74, 6) is 0.699. The summed E-state index contributed by atoms with van der Waals surface area (Å²) in [6, 6.07) is 2.31. The molecule has 0 aromatic carbocycles. The monoisotopic (exact) mass is 310 g/mol. The molecular formula is C13H15ClN4OS. The van der Waals surface area contributed by atoms with Crippen LogP contribution in [0.25, 0.3) is 10.2 Å². The van der Waals surface area contributed by atoms with Crippen molar-refractivity contribution in [3.05, 3.63) is 22.4 Å². The van der Waals surface area contributed by atoms with E-state index in [0.29, 0.717) is 30.1 Å². The number of likely N-dealkylation sites (N-methyl/N-ethyl adjacent to an activating group) is 1. The Bertz CT molecular complexity index is 640. The molecule has 2 aromatic heterocycles. The zero-order valence-corrected chi connectivity index (χ0v) is 12.7. The number of rotatable bonds is 5. The van der Waals surface area contributed by atoms with Crippen LogP contribution in [-0.2, 0) is 11.3 Å². The predicted octanol–water partition coefficient (Wildman–Crippen LogP) is 2.06. The molecule has 1 aliphatic rings. The maximum absolute atomic E-state index is 11.7. The Labute approximate surface area is 126 Å². The number of hydrogen-bond donors (Lipinski definition) is 1. The second kappa shape index (κ2) is 5.63. The van der Waals surface area contributed by atoms with E-state index in [2.05, 4.69) is 15.3 Å². The first-order chi connectivity index (χ1) is 9.61. The lowest BCUT2D eigenvalue weighted by Gasteiger charge is -2.15. The summed E-state index contributed by atoms with van der Waals surface area (Å²) >= 11 is 7.67. The fourth-order valence-electron chi connectivity index (χ4n) is 1.97. The molecule has 1 amide bonds. The third-order valence-corrected chi connectivity index (χ3v) is 4.19. The first-order valence-corrected chi connectivity index (χ1v) is 7.75. The second-order valence-corrected chi connectivity index (χ2v) is 6.34. The molecule has 2 aromatic rings. The zero-order valence-electron chi connectivity index (χ0n) is 11.1. The van der Waals surface area contributed by atoms with Crippen LogP contribution < -0.4 is 5.32 Å². The van der Waals surface area contributed by atoms with Crippen molar-refractivity contribution in [1.29, 1.82) is 0 Å². The first-order valence-electron chi connectivity index (χ1n) is 6.49. The van der Waals surface area contributed by atoms with Gasteiger partial charge in [0, 0.05) is 11.4 Å². The topological polar surface area (TPSA) is 58.1 Å². The molecular weight excluding hydrogens is 296 g/mol. The van der Waals surface area contributed by atoms with Crippen LogP contribution in [0.4, 0.5) is 0 Å². The van der Waals surface area contributed by atoms with Crippen LogP contribution in [0.15, 0.2) is 11.4 Å². The number of aromatic nitrogens is 2. The van der Waals surface area contributed by atoms with Crippen molar-refractivity contribution in [2.75, 3.05) is 13.6 Å². The minimum Gasteiger partial charge on any atom is -0.352 e. The van der Waals surface area contributed by atoms with Gasteiger partial charge in [0.1, 0.15) is 15.8 Å². The molecule has 2 heterocycles. The van der Waals surface area contributed by atoms with Gasteiger partial charge in [0.25, 0.3) is 0 Å². The Kier molecular flexibility index (Phi) is 3.87. The number of nitrogens with one attached hydrogen (secondary N) is 1. The van der Waals surface area contributed by atoms with Gasteiger partial charge in [-0.25, -0.2) is 9.97 Å². The second-order valence-electron chi connectivity index (χ2n) is 5.08. The molecule has 5 nitrogen and oxygen atoms in total. The summed E-state index contributed by atoms with van der Waals surface area (Å²) in [4.78, 5) is 23.2. The van der Waals surface area contributed by atoms with E-state index < -0.39 is 0 Å². The highest BCUT2D eigenvalue weighted by Crippen LogP contribution is 2.25. The molecule has 0 atom stereocenters. The van der Waals surface area contributed by atoms with E-state index >= 15 is 0 Å². The van der Waals surface area contributed by atoms with Crippen LogP contribution in [0.5, 0.6) is 0 Å². The van der Waals surface area contributed by atoms with Crippen molar-refractivity contribution in [1.82, 2.24) is 20.2 Å². The van der Waals surface area contributed by atoms with Crippen molar-refractivity contribution in [2.45, 2.75) is 25.4 Å². The van der Waals surface area contributed by atoms with E-state index in [1.54, 1.807) is 0 Å². The van der Waals surface area contributed by atoms with Crippen LogP contribution in [-0.4, -0.2) is 40.4 Å².